The van der Waals surface area contributed by atoms with Crippen LogP contribution in [0.1, 0.15) is 13.8 Å². The van der Waals surface area contributed by atoms with E-state index < -0.39 is 0 Å². The minimum atomic E-state index is -0.347. The van der Waals surface area contributed by atoms with Crippen molar-refractivity contribution in [1.82, 2.24) is 0 Å². The second-order valence-corrected chi connectivity index (χ2v) is 2.56. The molecular formula is C7H15NO2. The molecule has 0 fully saturated rings. The number of nitrogens with two attached hydrogens (primary N) is 1. The van der Waals surface area contributed by atoms with Gasteiger partial charge in [-0.1, -0.05) is 0 Å². The summed E-state index contributed by atoms with van der Waals surface area (Å²) in [4.78, 5) is 0. The smallest absolute Gasteiger partial charge is 0.182 e. The Morgan fingerprint density at radius 1 is 1.40 bits per heavy atom. The Balaban J connectivity index is 4.09. The maximum Gasteiger partial charge on any atom is 0.182 e. The maximum absolute atomic E-state index is 5.39. The molecule has 3 nitrogen and oxygen atoms in total. The molecule has 0 spiro atoms. The summed E-state index contributed by atoms with van der Waals surface area (Å²) in [5.74, 6) is 0.381. The van der Waals surface area contributed by atoms with Gasteiger partial charge in [0.25, 0.3) is 0 Å². The van der Waals surface area contributed by atoms with Crippen LogP contribution in [0, 0.1) is 0 Å². The van der Waals surface area contributed by atoms with Gasteiger partial charge in [-0.2, -0.15) is 0 Å². The fourth-order valence-electron chi connectivity index (χ4n) is 0.460. The van der Waals surface area contributed by atoms with E-state index in [-0.39, 0.29) is 5.60 Å². The largest absolute Gasteiger partial charge is 0.483 e. The summed E-state index contributed by atoms with van der Waals surface area (Å²) in [5, 5.41) is 0. The van der Waals surface area contributed by atoms with E-state index in [1.54, 1.807) is 13.2 Å². The monoisotopic (exact) mass is 145 g/mol. The van der Waals surface area contributed by atoms with Crippen LogP contribution in [0.2, 0.25) is 0 Å². The molecule has 0 bridgehead atoms. The average Bonchev–Trinajstić information content (AvgIpc) is 1.87. The second kappa shape index (κ2) is 3.46. The van der Waals surface area contributed by atoms with Crippen molar-refractivity contribution in [2.45, 2.75) is 19.4 Å². The number of rotatable bonds is 3. The Morgan fingerprint density at radius 3 is 2.20 bits per heavy atom. The van der Waals surface area contributed by atoms with Crippen molar-refractivity contribution >= 4 is 0 Å². The van der Waals surface area contributed by atoms with Crippen molar-refractivity contribution in [2.75, 3.05) is 14.2 Å². The molecule has 0 amide bonds. The zero-order valence-electron chi connectivity index (χ0n) is 6.97. The molecule has 0 aromatic heterocycles. The molecule has 0 saturated carbocycles. The van der Waals surface area contributed by atoms with E-state index in [0.29, 0.717) is 5.88 Å². The zero-order chi connectivity index (χ0) is 8.20. The van der Waals surface area contributed by atoms with E-state index in [4.69, 9.17) is 15.2 Å². The van der Waals surface area contributed by atoms with E-state index in [0.717, 1.165) is 0 Å². The molecule has 0 aliphatic heterocycles. The summed E-state index contributed by atoms with van der Waals surface area (Å²) < 4.78 is 9.82. The first-order valence-corrected chi connectivity index (χ1v) is 3.09. The predicted molar refractivity (Wildman–Crippen MR) is 40.4 cm³/mol. The average molecular weight is 145 g/mol. The standard InChI is InChI=1S/C7H15NO2/c1-7(2,10-4)5-6(8)9-3/h5H,8H2,1-4H3/b6-5+. The van der Waals surface area contributed by atoms with Crippen molar-refractivity contribution in [3.05, 3.63) is 12.0 Å². The number of hydrogen-bond donors (Lipinski definition) is 1. The first-order chi connectivity index (χ1) is 4.52. The highest BCUT2D eigenvalue weighted by atomic mass is 16.5. The molecule has 3 heteroatoms. The second-order valence-electron chi connectivity index (χ2n) is 2.56. The van der Waals surface area contributed by atoms with Crippen molar-refractivity contribution in [3.63, 3.8) is 0 Å². The summed E-state index contributed by atoms with van der Waals surface area (Å²) in [6.07, 6.45) is 1.72. The highest BCUT2D eigenvalue weighted by Crippen LogP contribution is 2.10. The molecule has 0 aromatic carbocycles. The molecule has 0 aromatic rings. The Kier molecular flexibility index (Phi) is 3.22. The third-order valence-corrected chi connectivity index (χ3v) is 1.25. The van der Waals surface area contributed by atoms with E-state index in [1.807, 2.05) is 13.8 Å². The van der Waals surface area contributed by atoms with Gasteiger partial charge < -0.3 is 15.2 Å². The van der Waals surface area contributed by atoms with Crippen LogP contribution >= 0.6 is 0 Å². The summed E-state index contributed by atoms with van der Waals surface area (Å²) in [5.41, 5.74) is 5.05. The molecule has 2 N–H and O–H groups in total. The molecule has 0 aliphatic carbocycles. The number of ether oxygens (including phenoxy) is 2. The molecule has 0 heterocycles. The molecule has 0 saturated heterocycles. The van der Waals surface area contributed by atoms with Gasteiger partial charge in [-0.15, -0.1) is 0 Å². The van der Waals surface area contributed by atoms with Gasteiger partial charge in [-0.3, -0.25) is 0 Å². The van der Waals surface area contributed by atoms with Crippen molar-refractivity contribution in [1.29, 1.82) is 0 Å². The summed E-state index contributed by atoms with van der Waals surface area (Å²) in [6, 6.07) is 0. The molecular weight excluding hydrogens is 130 g/mol. The van der Waals surface area contributed by atoms with Crippen LogP contribution in [0.25, 0.3) is 0 Å². The van der Waals surface area contributed by atoms with Crippen molar-refractivity contribution in [2.24, 2.45) is 5.73 Å². The number of hydrogen-bond acceptors (Lipinski definition) is 3. The van der Waals surface area contributed by atoms with Crippen LogP contribution in [0.5, 0.6) is 0 Å². The topological polar surface area (TPSA) is 44.5 Å². The lowest BCUT2D eigenvalue weighted by Crippen LogP contribution is -2.21. The lowest BCUT2D eigenvalue weighted by atomic mass is 10.1. The SMILES string of the molecule is CO/C(N)=C/C(C)(C)OC. The third kappa shape index (κ3) is 3.35. The molecule has 0 atom stereocenters. The van der Waals surface area contributed by atoms with Gasteiger partial charge in [0.15, 0.2) is 5.88 Å². The maximum atomic E-state index is 5.39. The van der Waals surface area contributed by atoms with Crippen LogP contribution < -0.4 is 5.73 Å². The molecule has 10 heavy (non-hydrogen) atoms. The third-order valence-electron chi connectivity index (χ3n) is 1.25. The van der Waals surface area contributed by atoms with Gasteiger partial charge in [0.1, 0.15) is 0 Å². The molecule has 0 rings (SSSR count). The van der Waals surface area contributed by atoms with Crippen LogP contribution in [0.15, 0.2) is 12.0 Å². The quantitative estimate of drug-likeness (QED) is 0.599. The lowest BCUT2D eigenvalue weighted by molar-refractivity contribution is 0.0614. The summed E-state index contributed by atoms with van der Waals surface area (Å²) >= 11 is 0. The van der Waals surface area contributed by atoms with E-state index in [2.05, 4.69) is 0 Å². The van der Waals surface area contributed by atoms with Gasteiger partial charge in [-0.25, -0.2) is 0 Å². The summed E-state index contributed by atoms with van der Waals surface area (Å²) in [6.45, 7) is 3.80. The van der Waals surface area contributed by atoms with Gasteiger partial charge in [-0.05, 0) is 13.8 Å². The Bertz CT molecular complexity index is 130. The Labute approximate surface area is 61.8 Å². The minimum absolute atomic E-state index is 0.347. The van der Waals surface area contributed by atoms with E-state index in [1.165, 1.54) is 7.11 Å². The number of methoxy groups -OCH3 is 2. The van der Waals surface area contributed by atoms with Gasteiger partial charge in [0, 0.05) is 13.2 Å². The van der Waals surface area contributed by atoms with Gasteiger partial charge in [0.05, 0.1) is 12.7 Å². The van der Waals surface area contributed by atoms with Crippen LogP contribution in [0.4, 0.5) is 0 Å². The Morgan fingerprint density at radius 2 is 1.90 bits per heavy atom. The first kappa shape index (κ1) is 9.30. The fraction of sp³-hybridized carbons (Fsp3) is 0.714. The molecule has 0 radical (unpaired) electrons. The first-order valence-electron chi connectivity index (χ1n) is 3.09. The van der Waals surface area contributed by atoms with E-state index in [9.17, 15) is 0 Å². The van der Waals surface area contributed by atoms with Gasteiger partial charge in [0.2, 0.25) is 0 Å². The lowest BCUT2D eigenvalue weighted by Gasteiger charge is -2.18. The van der Waals surface area contributed by atoms with E-state index >= 15 is 0 Å². The molecule has 0 aliphatic rings. The van der Waals surface area contributed by atoms with Crippen molar-refractivity contribution < 1.29 is 9.47 Å². The van der Waals surface area contributed by atoms with Crippen molar-refractivity contribution in [3.8, 4) is 0 Å². The fourth-order valence-corrected chi connectivity index (χ4v) is 0.460. The van der Waals surface area contributed by atoms with Crippen LogP contribution in [-0.4, -0.2) is 19.8 Å². The predicted octanol–water partition coefficient (Wildman–Crippen LogP) is 0.858. The van der Waals surface area contributed by atoms with Gasteiger partial charge >= 0.3 is 0 Å². The normalized spacial score (nSPS) is 13.4. The Hall–Kier alpha value is -0.700. The minimum Gasteiger partial charge on any atom is -0.483 e. The molecule has 0 unspecified atom stereocenters. The summed E-state index contributed by atoms with van der Waals surface area (Å²) in [7, 11) is 3.15. The van der Waals surface area contributed by atoms with Crippen LogP contribution in [0.3, 0.4) is 0 Å². The highest BCUT2D eigenvalue weighted by molar-refractivity contribution is 4.99. The molecule has 60 valence electrons. The highest BCUT2D eigenvalue weighted by Gasteiger charge is 2.12. The zero-order valence-corrected chi connectivity index (χ0v) is 6.97. The van der Waals surface area contributed by atoms with Crippen LogP contribution in [-0.2, 0) is 9.47 Å².